The summed E-state index contributed by atoms with van der Waals surface area (Å²) >= 11 is 1.80. The summed E-state index contributed by atoms with van der Waals surface area (Å²) in [7, 11) is 0. The number of hydrazine groups is 1. The quantitative estimate of drug-likeness (QED) is 0.646. The first-order chi connectivity index (χ1) is 9.80. The molecule has 0 unspecified atom stereocenters. The number of hydrogen-bond acceptors (Lipinski definition) is 8. The molecule has 0 atom stereocenters. The van der Waals surface area contributed by atoms with Gasteiger partial charge >= 0.3 is 6.01 Å². The molecule has 0 spiro atoms. The van der Waals surface area contributed by atoms with Crippen LogP contribution in [-0.2, 0) is 13.0 Å². The van der Waals surface area contributed by atoms with Gasteiger partial charge in [0.2, 0.25) is 11.9 Å². The van der Waals surface area contributed by atoms with E-state index in [9.17, 15) is 0 Å². The second-order valence-electron chi connectivity index (χ2n) is 4.36. The average molecular weight is 292 g/mol. The number of hydrogen-bond donors (Lipinski definition) is 2. The molecular weight excluding hydrogens is 276 g/mol. The predicted molar refractivity (Wildman–Crippen MR) is 77.9 cm³/mol. The van der Waals surface area contributed by atoms with E-state index in [0.29, 0.717) is 24.5 Å². The van der Waals surface area contributed by atoms with Crippen molar-refractivity contribution in [2.75, 3.05) is 23.5 Å². The van der Waals surface area contributed by atoms with E-state index in [1.807, 2.05) is 6.92 Å². The predicted octanol–water partition coefficient (Wildman–Crippen LogP) is 1.18. The van der Waals surface area contributed by atoms with Crippen LogP contribution in [0.1, 0.15) is 17.4 Å². The molecule has 3 rings (SSSR count). The van der Waals surface area contributed by atoms with Gasteiger partial charge in [0.25, 0.3) is 0 Å². The summed E-state index contributed by atoms with van der Waals surface area (Å²) in [6.45, 7) is 4.07. The third kappa shape index (κ3) is 2.52. The fourth-order valence-corrected chi connectivity index (χ4v) is 3.05. The third-order valence-electron chi connectivity index (χ3n) is 3.10. The third-order valence-corrected chi connectivity index (χ3v) is 4.12. The summed E-state index contributed by atoms with van der Waals surface area (Å²) < 4.78 is 5.35. The van der Waals surface area contributed by atoms with Gasteiger partial charge in [-0.1, -0.05) is 0 Å². The smallest absolute Gasteiger partial charge is 0.323 e. The number of nitrogens with two attached hydrogens (primary N) is 1. The number of aromatic nitrogens is 3. The Morgan fingerprint density at radius 1 is 1.45 bits per heavy atom. The van der Waals surface area contributed by atoms with E-state index >= 15 is 0 Å². The normalized spacial score (nSPS) is 14.0. The molecule has 2 aromatic rings. The lowest BCUT2D eigenvalue weighted by Gasteiger charge is -2.27. The fraction of sp³-hybridized carbons (Fsp3) is 0.417. The monoisotopic (exact) mass is 292 g/mol. The second-order valence-corrected chi connectivity index (χ2v) is 5.36. The molecule has 0 aliphatic carbocycles. The van der Waals surface area contributed by atoms with Gasteiger partial charge in [0.1, 0.15) is 0 Å². The highest BCUT2D eigenvalue weighted by Crippen LogP contribution is 2.26. The van der Waals surface area contributed by atoms with Crippen LogP contribution in [0, 0.1) is 0 Å². The molecule has 3 heterocycles. The first kappa shape index (κ1) is 13.1. The Balaban J connectivity index is 1.88. The number of anilines is 2. The fourth-order valence-electron chi connectivity index (χ4n) is 2.16. The Morgan fingerprint density at radius 3 is 3.15 bits per heavy atom. The van der Waals surface area contributed by atoms with Crippen molar-refractivity contribution >= 4 is 23.2 Å². The van der Waals surface area contributed by atoms with E-state index in [1.165, 1.54) is 10.4 Å². The van der Waals surface area contributed by atoms with Crippen molar-refractivity contribution in [3.63, 3.8) is 0 Å². The lowest BCUT2D eigenvalue weighted by atomic mass is 10.1. The minimum Gasteiger partial charge on any atom is -0.464 e. The topological polar surface area (TPSA) is 89.2 Å². The Labute approximate surface area is 120 Å². The molecule has 0 saturated heterocycles. The summed E-state index contributed by atoms with van der Waals surface area (Å²) in [5, 5.41) is 2.13. The average Bonchev–Trinajstić information content (AvgIpc) is 2.94. The van der Waals surface area contributed by atoms with Crippen LogP contribution in [0.15, 0.2) is 11.4 Å². The zero-order valence-corrected chi connectivity index (χ0v) is 12.0. The number of thiophene rings is 1. The van der Waals surface area contributed by atoms with E-state index in [1.54, 1.807) is 11.3 Å². The Hall–Kier alpha value is -1.93. The molecule has 0 bridgehead atoms. The summed E-state index contributed by atoms with van der Waals surface area (Å²) in [6.07, 6.45) is 1.01. The van der Waals surface area contributed by atoms with Gasteiger partial charge in [-0.25, -0.2) is 5.84 Å². The van der Waals surface area contributed by atoms with E-state index in [-0.39, 0.29) is 0 Å². The molecule has 0 amide bonds. The zero-order chi connectivity index (χ0) is 13.9. The molecule has 8 heteroatoms. The van der Waals surface area contributed by atoms with Crippen molar-refractivity contribution < 1.29 is 4.74 Å². The second kappa shape index (κ2) is 5.59. The number of nitrogen functional groups attached to an aromatic ring is 1. The Bertz CT molecular complexity index is 601. The van der Waals surface area contributed by atoms with E-state index in [0.717, 1.165) is 19.5 Å². The van der Waals surface area contributed by atoms with Crippen LogP contribution < -0.4 is 20.9 Å². The van der Waals surface area contributed by atoms with Gasteiger partial charge < -0.3 is 9.64 Å². The van der Waals surface area contributed by atoms with Crippen LogP contribution in [0.2, 0.25) is 0 Å². The van der Waals surface area contributed by atoms with Crippen LogP contribution in [0.25, 0.3) is 0 Å². The highest BCUT2D eigenvalue weighted by Gasteiger charge is 2.21. The number of fused-ring (bicyclic) bond motifs is 1. The number of nitrogens with one attached hydrogen (secondary N) is 1. The lowest BCUT2D eigenvalue weighted by molar-refractivity contribution is 0.312. The lowest BCUT2D eigenvalue weighted by Crippen LogP contribution is -2.31. The largest absolute Gasteiger partial charge is 0.464 e. The van der Waals surface area contributed by atoms with E-state index in [2.05, 4.69) is 36.7 Å². The van der Waals surface area contributed by atoms with Gasteiger partial charge in [0.15, 0.2) is 0 Å². The van der Waals surface area contributed by atoms with Crippen LogP contribution in [0.3, 0.4) is 0 Å². The molecule has 0 aromatic carbocycles. The summed E-state index contributed by atoms with van der Waals surface area (Å²) in [5.74, 6) is 6.30. The summed E-state index contributed by atoms with van der Waals surface area (Å²) in [4.78, 5) is 16.3. The number of nitrogens with zero attached hydrogens (tertiary/aromatic N) is 4. The maximum atomic E-state index is 5.40. The van der Waals surface area contributed by atoms with Crippen molar-refractivity contribution in [2.45, 2.75) is 19.9 Å². The van der Waals surface area contributed by atoms with Crippen molar-refractivity contribution in [3.8, 4) is 6.01 Å². The highest BCUT2D eigenvalue weighted by atomic mass is 32.1. The van der Waals surface area contributed by atoms with Crippen LogP contribution in [0.5, 0.6) is 6.01 Å². The van der Waals surface area contributed by atoms with Gasteiger partial charge in [0.05, 0.1) is 6.61 Å². The summed E-state index contributed by atoms with van der Waals surface area (Å²) in [5.41, 5.74) is 3.79. The molecule has 20 heavy (non-hydrogen) atoms. The van der Waals surface area contributed by atoms with Gasteiger partial charge in [-0.3, -0.25) is 5.43 Å². The van der Waals surface area contributed by atoms with Gasteiger partial charge in [0, 0.05) is 18.0 Å². The molecule has 0 radical (unpaired) electrons. The van der Waals surface area contributed by atoms with Crippen molar-refractivity contribution in [2.24, 2.45) is 5.84 Å². The van der Waals surface area contributed by atoms with Crippen LogP contribution >= 0.6 is 11.3 Å². The number of ether oxygens (including phenoxy) is 1. The maximum Gasteiger partial charge on any atom is 0.323 e. The van der Waals surface area contributed by atoms with Gasteiger partial charge in [-0.05, 0) is 30.4 Å². The minimum atomic E-state index is 0.293. The van der Waals surface area contributed by atoms with Crippen molar-refractivity contribution in [3.05, 3.63) is 21.9 Å². The SMILES string of the molecule is CCOc1nc(NN)nc(N2CCc3sccc3C2)n1. The molecule has 7 nitrogen and oxygen atoms in total. The molecule has 3 N–H and O–H groups in total. The molecule has 1 aliphatic heterocycles. The maximum absolute atomic E-state index is 5.40. The minimum absolute atomic E-state index is 0.293. The van der Waals surface area contributed by atoms with Gasteiger partial charge in [-0.2, -0.15) is 15.0 Å². The van der Waals surface area contributed by atoms with E-state index in [4.69, 9.17) is 10.6 Å². The van der Waals surface area contributed by atoms with Crippen LogP contribution in [-0.4, -0.2) is 28.1 Å². The molecule has 0 saturated carbocycles. The molecular formula is C12H16N6OS. The standard InChI is InChI=1S/C12H16N6OS/c1-2-19-12-15-10(17-13)14-11(16-12)18-5-3-9-8(7-18)4-6-20-9/h4,6H,2-3,5,7,13H2,1H3,(H,14,15,16,17). The van der Waals surface area contributed by atoms with Crippen LogP contribution in [0.4, 0.5) is 11.9 Å². The zero-order valence-electron chi connectivity index (χ0n) is 11.2. The molecule has 0 fully saturated rings. The molecule has 1 aliphatic rings. The first-order valence-corrected chi connectivity index (χ1v) is 7.33. The van der Waals surface area contributed by atoms with Gasteiger partial charge in [-0.15, -0.1) is 11.3 Å². The Kier molecular flexibility index (Phi) is 3.66. The van der Waals surface area contributed by atoms with Crippen molar-refractivity contribution in [1.82, 2.24) is 15.0 Å². The highest BCUT2D eigenvalue weighted by molar-refractivity contribution is 7.10. The number of rotatable bonds is 4. The summed E-state index contributed by atoms with van der Waals surface area (Å²) in [6, 6.07) is 2.44. The molecule has 2 aromatic heterocycles. The molecule has 106 valence electrons. The van der Waals surface area contributed by atoms with Crippen molar-refractivity contribution in [1.29, 1.82) is 0 Å². The first-order valence-electron chi connectivity index (χ1n) is 6.46. The Morgan fingerprint density at radius 2 is 2.35 bits per heavy atom. The van der Waals surface area contributed by atoms with E-state index < -0.39 is 0 Å².